The molecule has 1 saturated heterocycles. The number of nitrogens with one attached hydrogen (secondary N) is 1. The van der Waals surface area contributed by atoms with Crippen LogP contribution in [-0.4, -0.2) is 48.4 Å². The number of nitrogens with zero attached hydrogens (tertiary/aromatic N) is 1. The van der Waals surface area contributed by atoms with E-state index in [2.05, 4.69) is 4.98 Å². The van der Waals surface area contributed by atoms with Crippen molar-refractivity contribution < 1.29 is 28.7 Å². The number of ketones is 1. The number of aryl methyl sites for hydroxylation is 3. The van der Waals surface area contributed by atoms with E-state index in [1.165, 1.54) is 0 Å². The van der Waals surface area contributed by atoms with Crippen molar-refractivity contribution in [3.63, 3.8) is 0 Å². The molecule has 31 heavy (non-hydrogen) atoms. The maximum absolute atomic E-state index is 12.7. The van der Waals surface area contributed by atoms with Crippen molar-refractivity contribution in [2.45, 2.75) is 34.1 Å². The first-order valence-electron chi connectivity index (χ1n) is 10.2. The van der Waals surface area contributed by atoms with Crippen molar-refractivity contribution in [3.05, 3.63) is 52.3 Å². The Kier molecular flexibility index (Phi) is 6.58. The lowest BCUT2D eigenvalue weighted by Crippen LogP contribution is -2.27. The molecule has 2 heterocycles. The van der Waals surface area contributed by atoms with Crippen LogP contribution in [0.5, 0.6) is 0 Å². The number of esters is 2. The predicted molar refractivity (Wildman–Crippen MR) is 113 cm³/mol. The van der Waals surface area contributed by atoms with Gasteiger partial charge in [-0.15, -0.1) is 0 Å². The van der Waals surface area contributed by atoms with Crippen LogP contribution >= 0.6 is 0 Å². The number of benzene rings is 1. The molecule has 0 saturated carbocycles. The number of ether oxygens (including phenoxy) is 2. The first-order chi connectivity index (χ1) is 14.7. The molecule has 2 aromatic rings. The van der Waals surface area contributed by atoms with E-state index in [-0.39, 0.29) is 36.6 Å². The van der Waals surface area contributed by atoms with Gasteiger partial charge in [0.05, 0.1) is 23.7 Å². The Bertz CT molecular complexity index is 1020. The molecule has 3 rings (SSSR count). The molecular formula is C23H26N2O6. The summed E-state index contributed by atoms with van der Waals surface area (Å²) in [7, 11) is 0. The highest BCUT2D eigenvalue weighted by Crippen LogP contribution is 2.26. The Morgan fingerprint density at radius 1 is 1.03 bits per heavy atom. The quantitative estimate of drug-likeness (QED) is 0.539. The Morgan fingerprint density at radius 2 is 1.68 bits per heavy atom. The van der Waals surface area contributed by atoms with E-state index in [4.69, 9.17) is 9.47 Å². The second kappa shape index (κ2) is 9.16. The molecule has 0 spiro atoms. The van der Waals surface area contributed by atoms with Crippen LogP contribution in [0.3, 0.4) is 0 Å². The van der Waals surface area contributed by atoms with Gasteiger partial charge >= 0.3 is 11.9 Å². The van der Waals surface area contributed by atoms with Crippen molar-refractivity contribution >= 4 is 29.3 Å². The van der Waals surface area contributed by atoms with Crippen LogP contribution in [0.1, 0.15) is 51.0 Å². The number of anilines is 1. The molecule has 1 amide bonds. The molecule has 1 N–H and O–H groups in total. The molecule has 8 nitrogen and oxygen atoms in total. The number of Topliss-reactive ketones (excluding diaryl/α,β-unsaturated/α-hetero) is 1. The second-order valence-electron chi connectivity index (χ2n) is 7.62. The minimum Gasteiger partial charge on any atom is -0.462 e. The summed E-state index contributed by atoms with van der Waals surface area (Å²) in [5.74, 6) is -2.54. The van der Waals surface area contributed by atoms with Crippen molar-refractivity contribution in [2.24, 2.45) is 5.92 Å². The minimum absolute atomic E-state index is 0.0251. The molecule has 1 aliphatic rings. The summed E-state index contributed by atoms with van der Waals surface area (Å²) >= 11 is 0. The average Bonchev–Trinajstić information content (AvgIpc) is 3.25. The summed E-state index contributed by atoms with van der Waals surface area (Å²) in [5.41, 5.74) is 3.13. The molecule has 164 valence electrons. The zero-order valence-electron chi connectivity index (χ0n) is 18.1. The Labute approximate surface area is 180 Å². The summed E-state index contributed by atoms with van der Waals surface area (Å²) < 4.78 is 10.3. The van der Waals surface area contributed by atoms with E-state index < -0.39 is 30.2 Å². The molecule has 0 radical (unpaired) electrons. The standard InChI is InChI=1S/C23H26N2O6/c1-5-30-23(29)21-15(4)24-14(3)20(21)18(26)12-31-22(28)16-10-19(27)25(11-16)17-8-6-13(2)7-9-17/h6-9,16,24H,5,10-12H2,1-4H3/t16-/m1/s1. The van der Waals surface area contributed by atoms with Crippen LogP contribution in [0.15, 0.2) is 24.3 Å². The Hall–Kier alpha value is -3.42. The first-order valence-corrected chi connectivity index (χ1v) is 10.2. The third kappa shape index (κ3) is 4.68. The van der Waals surface area contributed by atoms with Gasteiger partial charge in [-0.05, 0) is 39.8 Å². The van der Waals surface area contributed by atoms with Crippen LogP contribution in [0.4, 0.5) is 5.69 Å². The fourth-order valence-corrected chi connectivity index (χ4v) is 3.75. The lowest BCUT2D eigenvalue weighted by molar-refractivity contribution is -0.147. The van der Waals surface area contributed by atoms with Crippen LogP contribution in [-0.2, 0) is 19.1 Å². The van der Waals surface area contributed by atoms with E-state index in [9.17, 15) is 19.2 Å². The minimum atomic E-state index is -0.653. The fraction of sp³-hybridized carbons (Fsp3) is 0.391. The van der Waals surface area contributed by atoms with Gasteiger partial charge in [-0.3, -0.25) is 14.4 Å². The normalized spacial score (nSPS) is 15.8. The van der Waals surface area contributed by atoms with Gasteiger partial charge in [-0.25, -0.2) is 4.79 Å². The number of rotatable bonds is 7. The van der Waals surface area contributed by atoms with Gasteiger partial charge < -0.3 is 19.4 Å². The maximum Gasteiger partial charge on any atom is 0.340 e. The van der Waals surface area contributed by atoms with Gasteiger partial charge in [0.15, 0.2) is 6.61 Å². The highest BCUT2D eigenvalue weighted by Gasteiger charge is 2.36. The molecule has 1 aromatic carbocycles. The van der Waals surface area contributed by atoms with Gasteiger partial charge in [0.2, 0.25) is 11.7 Å². The zero-order valence-corrected chi connectivity index (χ0v) is 18.1. The highest BCUT2D eigenvalue weighted by atomic mass is 16.5. The van der Waals surface area contributed by atoms with Crippen LogP contribution < -0.4 is 4.90 Å². The van der Waals surface area contributed by atoms with E-state index in [1.807, 2.05) is 31.2 Å². The van der Waals surface area contributed by atoms with E-state index in [0.29, 0.717) is 11.4 Å². The molecule has 1 fully saturated rings. The molecule has 1 aromatic heterocycles. The van der Waals surface area contributed by atoms with Crippen molar-refractivity contribution in [1.82, 2.24) is 4.98 Å². The number of aromatic nitrogens is 1. The van der Waals surface area contributed by atoms with Crippen LogP contribution in [0.2, 0.25) is 0 Å². The zero-order chi connectivity index (χ0) is 22.7. The molecule has 0 unspecified atom stereocenters. The van der Waals surface area contributed by atoms with E-state index >= 15 is 0 Å². The lowest BCUT2D eigenvalue weighted by Gasteiger charge is -2.16. The van der Waals surface area contributed by atoms with Gasteiger partial charge in [-0.1, -0.05) is 17.7 Å². The Morgan fingerprint density at radius 3 is 2.32 bits per heavy atom. The molecule has 1 aliphatic heterocycles. The number of carbonyl (C=O) groups excluding carboxylic acids is 4. The molecule has 0 bridgehead atoms. The van der Waals surface area contributed by atoms with Gasteiger partial charge in [-0.2, -0.15) is 0 Å². The van der Waals surface area contributed by atoms with Crippen molar-refractivity contribution in [1.29, 1.82) is 0 Å². The van der Waals surface area contributed by atoms with Crippen LogP contribution in [0.25, 0.3) is 0 Å². The number of aromatic amines is 1. The number of hydrogen-bond acceptors (Lipinski definition) is 6. The SMILES string of the molecule is CCOC(=O)c1c(C)[nH]c(C)c1C(=O)COC(=O)[C@@H]1CC(=O)N(c2ccc(C)cc2)C1. The molecule has 8 heteroatoms. The van der Waals surface area contributed by atoms with Gasteiger partial charge in [0, 0.05) is 30.0 Å². The second-order valence-corrected chi connectivity index (χ2v) is 7.62. The molecular weight excluding hydrogens is 400 g/mol. The third-order valence-electron chi connectivity index (χ3n) is 5.28. The number of carbonyl (C=O) groups is 4. The Balaban J connectivity index is 1.65. The summed E-state index contributed by atoms with van der Waals surface area (Å²) in [6.07, 6.45) is 0.0251. The molecule has 0 aliphatic carbocycles. The van der Waals surface area contributed by atoms with Gasteiger partial charge in [0.1, 0.15) is 0 Å². The average molecular weight is 426 g/mol. The number of hydrogen-bond donors (Lipinski definition) is 1. The van der Waals surface area contributed by atoms with Crippen LogP contribution in [0, 0.1) is 26.7 Å². The van der Waals surface area contributed by atoms with E-state index in [0.717, 1.165) is 11.3 Å². The first kappa shape index (κ1) is 22.3. The fourth-order valence-electron chi connectivity index (χ4n) is 3.75. The number of amides is 1. The third-order valence-corrected chi connectivity index (χ3v) is 5.28. The summed E-state index contributed by atoms with van der Waals surface area (Å²) in [6, 6.07) is 7.46. The largest absolute Gasteiger partial charge is 0.462 e. The smallest absolute Gasteiger partial charge is 0.340 e. The summed E-state index contributed by atoms with van der Waals surface area (Å²) in [4.78, 5) is 54.3. The number of H-pyrrole nitrogens is 1. The molecule has 1 atom stereocenters. The maximum atomic E-state index is 12.7. The predicted octanol–water partition coefficient (Wildman–Crippen LogP) is 2.90. The van der Waals surface area contributed by atoms with Crippen molar-refractivity contribution in [3.8, 4) is 0 Å². The summed E-state index contributed by atoms with van der Waals surface area (Å²) in [5, 5.41) is 0. The lowest BCUT2D eigenvalue weighted by atomic mass is 10.0. The van der Waals surface area contributed by atoms with Gasteiger partial charge in [0.25, 0.3) is 0 Å². The summed E-state index contributed by atoms with van der Waals surface area (Å²) in [6.45, 7) is 6.83. The topological polar surface area (TPSA) is 106 Å². The van der Waals surface area contributed by atoms with Crippen molar-refractivity contribution in [2.75, 3.05) is 24.7 Å². The highest BCUT2D eigenvalue weighted by molar-refractivity contribution is 6.09. The van der Waals surface area contributed by atoms with E-state index in [1.54, 1.807) is 25.7 Å². The monoisotopic (exact) mass is 426 g/mol.